The van der Waals surface area contributed by atoms with Gasteiger partial charge in [0.25, 0.3) is 11.8 Å². The SMILES string of the molecule is CC12CCC(C(=O)NNC(=O)c3ccncc3)(c3nc4cc(Cl)c(Cl)cc4nc31)C2(C)C. The quantitative estimate of drug-likeness (QED) is 0.550. The third kappa shape index (κ3) is 2.58. The van der Waals surface area contributed by atoms with Gasteiger partial charge in [0.2, 0.25) is 0 Å². The van der Waals surface area contributed by atoms with Crippen LogP contribution in [0.5, 0.6) is 0 Å². The van der Waals surface area contributed by atoms with Crippen LogP contribution in [0.3, 0.4) is 0 Å². The topological polar surface area (TPSA) is 96.9 Å². The first-order valence-electron chi connectivity index (χ1n) is 10.3. The van der Waals surface area contributed by atoms with Crippen LogP contribution in [0.15, 0.2) is 36.7 Å². The van der Waals surface area contributed by atoms with Crippen LogP contribution in [0.1, 0.15) is 55.4 Å². The zero-order chi connectivity index (χ0) is 22.9. The molecule has 32 heavy (non-hydrogen) atoms. The van der Waals surface area contributed by atoms with Gasteiger partial charge in [-0.2, -0.15) is 0 Å². The number of rotatable bonds is 2. The Morgan fingerprint density at radius 3 is 2.12 bits per heavy atom. The van der Waals surface area contributed by atoms with Crippen molar-refractivity contribution >= 4 is 46.0 Å². The number of nitrogens with zero attached hydrogens (tertiary/aromatic N) is 3. The molecule has 0 spiro atoms. The van der Waals surface area contributed by atoms with Gasteiger partial charge in [0.1, 0.15) is 5.41 Å². The van der Waals surface area contributed by atoms with Gasteiger partial charge in [-0.1, -0.05) is 44.0 Å². The van der Waals surface area contributed by atoms with Gasteiger partial charge in [0.15, 0.2) is 0 Å². The van der Waals surface area contributed by atoms with Crippen molar-refractivity contribution < 1.29 is 9.59 Å². The van der Waals surface area contributed by atoms with Crippen LogP contribution in [-0.4, -0.2) is 26.8 Å². The summed E-state index contributed by atoms with van der Waals surface area (Å²) < 4.78 is 0. The molecule has 9 heteroatoms. The first-order chi connectivity index (χ1) is 15.1. The average molecular weight is 470 g/mol. The van der Waals surface area contributed by atoms with Gasteiger partial charge >= 0.3 is 0 Å². The summed E-state index contributed by atoms with van der Waals surface area (Å²) >= 11 is 12.4. The molecule has 2 unspecified atom stereocenters. The number of carbonyl (C=O) groups is 2. The van der Waals surface area contributed by atoms with Crippen LogP contribution in [0.25, 0.3) is 11.0 Å². The third-order valence-corrected chi connectivity index (χ3v) is 8.42. The van der Waals surface area contributed by atoms with Crippen LogP contribution < -0.4 is 10.9 Å². The minimum absolute atomic E-state index is 0.305. The Balaban J connectivity index is 1.57. The molecule has 2 aliphatic rings. The van der Waals surface area contributed by atoms with Crippen molar-refractivity contribution in [2.75, 3.05) is 0 Å². The second-order valence-electron chi connectivity index (χ2n) is 9.18. The molecule has 3 aromatic rings. The summed E-state index contributed by atoms with van der Waals surface area (Å²) in [5.74, 6) is -0.721. The van der Waals surface area contributed by atoms with Gasteiger partial charge in [-0.25, -0.2) is 9.97 Å². The van der Waals surface area contributed by atoms with Gasteiger partial charge in [0, 0.05) is 23.4 Å². The number of pyridine rings is 1. The van der Waals surface area contributed by atoms with E-state index in [0.29, 0.717) is 38.8 Å². The standard InChI is InChI=1S/C23H21Cl2N5O2/c1-21(2)22(3)6-7-23(21,20(32)30-29-19(31)12-4-8-26-9-5-12)18-17(22)27-15-10-13(24)14(25)11-16(15)28-18/h4-5,8-11H,6-7H2,1-3H3,(H,29,31)(H,30,32). The first kappa shape index (κ1) is 21.1. The Bertz CT molecular complexity index is 1300. The van der Waals surface area contributed by atoms with Crippen molar-refractivity contribution in [3.8, 4) is 0 Å². The smallest absolute Gasteiger partial charge is 0.269 e. The van der Waals surface area contributed by atoms with Gasteiger partial charge in [-0.3, -0.25) is 25.4 Å². The Hall–Kier alpha value is -2.77. The molecule has 5 rings (SSSR count). The number of hydrogen-bond donors (Lipinski definition) is 2. The molecule has 1 aromatic carbocycles. The van der Waals surface area contributed by atoms with E-state index >= 15 is 0 Å². The lowest BCUT2D eigenvalue weighted by atomic mass is 9.63. The van der Waals surface area contributed by atoms with Crippen LogP contribution in [0, 0.1) is 5.41 Å². The van der Waals surface area contributed by atoms with Crippen molar-refractivity contribution in [1.29, 1.82) is 0 Å². The Morgan fingerprint density at radius 2 is 1.50 bits per heavy atom. The number of halogens is 2. The van der Waals surface area contributed by atoms with Crippen LogP contribution in [0.2, 0.25) is 10.0 Å². The highest BCUT2D eigenvalue weighted by Crippen LogP contribution is 2.70. The van der Waals surface area contributed by atoms with Crippen molar-refractivity contribution in [3.63, 3.8) is 0 Å². The lowest BCUT2D eigenvalue weighted by Gasteiger charge is -2.39. The highest BCUT2D eigenvalue weighted by molar-refractivity contribution is 6.42. The minimum atomic E-state index is -0.949. The van der Waals surface area contributed by atoms with E-state index in [1.54, 1.807) is 24.3 Å². The van der Waals surface area contributed by atoms with E-state index in [0.717, 1.165) is 12.1 Å². The van der Waals surface area contributed by atoms with Crippen LogP contribution in [0.4, 0.5) is 0 Å². The summed E-state index contributed by atoms with van der Waals surface area (Å²) in [5, 5.41) is 0.789. The normalized spacial score (nSPS) is 24.9. The zero-order valence-corrected chi connectivity index (χ0v) is 19.3. The lowest BCUT2D eigenvalue weighted by molar-refractivity contribution is -0.131. The maximum Gasteiger partial charge on any atom is 0.269 e. The summed E-state index contributed by atoms with van der Waals surface area (Å²) in [4.78, 5) is 39.8. The monoisotopic (exact) mass is 469 g/mol. The van der Waals surface area contributed by atoms with E-state index in [2.05, 4.69) is 36.6 Å². The highest BCUT2D eigenvalue weighted by Gasteiger charge is 2.73. The Morgan fingerprint density at radius 1 is 0.906 bits per heavy atom. The Labute approximate surface area is 194 Å². The molecule has 2 heterocycles. The molecule has 2 atom stereocenters. The fourth-order valence-electron chi connectivity index (χ4n) is 5.40. The number of amides is 2. The van der Waals surface area contributed by atoms with Crippen molar-refractivity contribution in [3.05, 3.63) is 63.7 Å². The molecule has 1 fully saturated rings. The van der Waals surface area contributed by atoms with Gasteiger partial charge in [-0.15, -0.1) is 0 Å². The zero-order valence-electron chi connectivity index (χ0n) is 17.8. The van der Waals surface area contributed by atoms with Crippen LogP contribution in [-0.2, 0) is 15.6 Å². The molecule has 0 saturated heterocycles. The largest absolute Gasteiger partial charge is 0.272 e. The van der Waals surface area contributed by atoms with Crippen molar-refractivity contribution in [1.82, 2.24) is 25.8 Å². The summed E-state index contributed by atoms with van der Waals surface area (Å²) in [6, 6.07) is 6.53. The number of benzene rings is 1. The molecule has 164 valence electrons. The third-order valence-electron chi connectivity index (χ3n) is 7.70. The molecule has 2 aromatic heterocycles. The summed E-state index contributed by atoms with van der Waals surface area (Å²) in [6.07, 6.45) is 4.42. The average Bonchev–Trinajstić information content (AvgIpc) is 3.07. The van der Waals surface area contributed by atoms with Crippen molar-refractivity contribution in [2.24, 2.45) is 5.41 Å². The maximum absolute atomic E-state index is 13.7. The minimum Gasteiger partial charge on any atom is -0.272 e. The molecular weight excluding hydrogens is 449 g/mol. The lowest BCUT2D eigenvalue weighted by Crippen LogP contribution is -2.55. The van der Waals surface area contributed by atoms with E-state index in [1.165, 1.54) is 12.4 Å². The number of nitrogens with one attached hydrogen (secondary N) is 2. The predicted octanol–water partition coefficient (Wildman–Crippen LogP) is 4.12. The molecule has 2 bridgehead atoms. The van der Waals surface area contributed by atoms with E-state index in [9.17, 15) is 9.59 Å². The summed E-state index contributed by atoms with van der Waals surface area (Å²) in [5.41, 5.74) is 6.45. The molecule has 0 radical (unpaired) electrons. The second-order valence-corrected chi connectivity index (χ2v) is 10.00. The first-order valence-corrected chi connectivity index (χ1v) is 11.1. The number of aromatic nitrogens is 3. The van der Waals surface area contributed by atoms with Gasteiger partial charge in [-0.05, 0) is 42.5 Å². The van der Waals surface area contributed by atoms with Crippen molar-refractivity contribution in [2.45, 2.75) is 44.4 Å². The number of fused-ring (bicyclic) bond motifs is 6. The molecule has 0 aliphatic heterocycles. The summed E-state index contributed by atoms with van der Waals surface area (Å²) in [6.45, 7) is 6.26. The maximum atomic E-state index is 13.7. The molecule has 1 saturated carbocycles. The van der Waals surface area contributed by atoms with Gasteiger partial charge in [0.05, 0.1) is 32.5 Å². The number of hydrazine groups is 1. The predicted molar refractivity (Wildman–Crippen MR) is 121 cm³/mol. The second kappa shape index (κ2) is 6.86. The fraction of sp³-hybridized carbons (Fsp3) is 0.348. The van der Waals surface area contributed by atoms with Gasteiger partial charge < -0.3 is 0 Å². The van der Waals surface area contributed by atoms with E-state index in [1.807, 2.05) is 0 Å². The molecule has 7 nitrogen and oxygen atoms in total. The molecule has 2 N–H and O–H groups in total. The summed E-state index contributed by atoms with van der Waals surface area (Å²) in [7, 11) is 0. The van der Waals surface area contributed by atoms with Crippen LogP contribution >= 0.6 is 23.2 Å². The highest BCUT2D eigenvalue weighted by atomic mass is 35.5. The molecular formula is C23H21Cl2N5O2. The van der Waals surface area contributed by atoms with E-state index < -0.39 is 16.7 Å². The fourth-order valence-corrected chi connectivity index (χ4v) is 5.71. The molecule has 2 aliphatic carbocycles. The molecule has 2 amide bonds. The number of hydrogen-bond acceptors (Lipinski definition) is 5. The van der Waals surface area contributed by atoms with E-state index in [4.69, 9.17) is 33.2 Å². The Kier molecular flexibility index (Phi) is 4.52. The number of carbonyl (C=O) groups excluding carboxylic acids is 2. The van der Waals surface area contributed by atoms with E-state index in [-0.39, 0.29) is 11.3 Å².